The average Bonchev–Trinajstić information content (AvgIpc) is 2.47. The highest BCUT2D eigenvalue weighted by atomic mass is 16.7. The van der Waals surface area contributed by atoms with E-state index in [4.69, 9.17) is 9.57 Å². The van der Waals surface area contributed by atoms with Gasteiger partial charge in [-0.3, -0.25) is 5.32 Å². The Kier molecular flexibility index (Phi) is 1.99. The third kappa shape index (κ3) is 1.68. The predicted molar refractivity (Wildman–Crippen MR) is 39.8 cm³/mol. The van der Waals surface area contributed by atoms with Crippen LogP contribution in [0.5, 0.6) is 0 Å². The van der Waals surface area contributed by atoms with Gasteiger partial charge in [-0.25, -0.2) is 9.59 Å². The lowest BCUT2D eigenvalue weighted by molar-refractivity contribution is -0.228. The van der Waals surface area contributed by atoms with Crippen LogP contribution in [-0.2, 0) is 19.2 Å². The van der Waals surface area contributed by atoms with Gasteiger partial charge >= 0.3 is 11.9 Å². The van der Waals surface area contributed by atoms with Crippen LogP contribution in [0.25, 0.3) is 0 Å². The van der Waals surface area contributed by atoms with Crippen LogP contribution < -0.4 is 5.32 Å². The summed E-state index contributed by atoms with van der Waals surface area (Å²) in [6, 6.07) is 0. The van der Waals surface area contributed by atoms with E-state index in [9.17, 15) is 9.59 Å². The Morgan fingerprint density at radius 3 is 3.00 bits per heavy atom. The molecule has 1 N–H and O–H groups in total. The fourth-order valence-corrected chi connectivity index (χ4v) is 1.14. The van der Waals surface area contributed by atoms with Gasteiger partial charge in [0.1, 0.15) is 0 Å². The van der Waals surface area contributed by atoms with Gasteiger partial charge in [-0.05, 0) is 0 Å². The fourth-order valence-electron chi connectivity index (χ4n) is 1.14. The highest BCUT2D eigenvalue weighted by Crippen LogP contribution is 2.08. The van der Waals surface area contributed by atoms with E-state index in [1.165, 1.54) is 5.06 Å². The number of nitrogens with zero attached hydrogens (tertiary/aromatic N) is 1. The molecule has 6 heteroatoms. The number of carbonyl (C=O) groups is 2. The molecule has 0 aromatic heterocycles. The van der Waals surface area contributed by atoms with Crippen LogP contribution in [0.4, 0.5) is 0 Å². The highest BCUT2D eigenvalue weighted by molar-refractivity contribution is 5.91. The minimum atomic E-state index is -0.651. The van der Waals surface area contributed by atoms with Crippen molar-refractivity contribution in [1.82, 2.24) is 10.4 Å². The molecule has 70 valence electrons. The van der Waals surface area contributed by atoms with Crippen LogP contribution in [0.15, 0.2) is 12.2 Å². The van der Waals surface area contributed by atoms with Gasteiger partial charge in [-0.15, -0.1) is 0 Å². The van der Waals surface area contributed by atoms with E-state index in [2.05, 4.69) is 5.32 Å². The summed E-state index contributed by atoms with van der Waals surface area (Å²) in [7, 11) is 0. The van der Waals surface area contributed by atoms with Crippen molar-refractivity contribution in [3.63, 3.8) is 0 Å². The molecule has 0 radical (unpaired) electrons. The van der Waals surface area contributed by atoms with Gasteiger partial charge < -0.3 is 9.57 Å². The maximum Gasteiger partial charge on any atom is 0.350 e. The SMILES string of the molecule is O=C1/C=C/C(=O)ON2CCNC2O1. The first-order chi connectivity index (χ1) is 6.25. The number of nitrogens with one attached hydrogen (secondary N) is 1. The molecule has 0 bridgehead atoms. The summed E-state index contributed by atoms with van der Waals surface area (Å²) in [6.45, 7) is 1.13. The van der Waals surface area contributed by atoms with Gasteiger partial charge in [-0.2, -0.15) is 0 Å². The van der Waals surface area contributed by atoms with E-state index in [0.717, 1.165) is 12.2 Å². The Morgan fingerprint density at radius 2 is 2.15 bits per heavy atom. The molecule has 2 heterocycles. The zero-order valence-corrected chi connectivity index (χ0v) is 6.73. The van der Waals surface area contributed by atoms with Crippen molar-refractivity contribution in [3.8, 4) is 0 Å². The lowest BCUT2D eigenvalue weighted by atomic mass is 10.5. The second-order valence-electron chi connectivity index (χ2n) is 2.63. The van der Waals surface area contributed by atoms with Crippen molar-refractivity contribution in [2.45, 2.75) is 6.35 Å². The second kappa shape index (κ2) is 3.15. The molecule has 2 rings (SSSR count). The van der Waals surface area contributed by atoms with Crippen molar-refractivity contribution in [3.05, 3.63) is 12.2 Å². The summed E-state index contributed by atoms with van der Waals surface area (Å²) in [5.41, 5.74) is 0. The highest BCUT2D eigenvalue weighted by Gasteiger charge is 2.31. The normalized spacial score (nSPS) is 31.2. The number of rotatable bonds is 0. The van der Waals surface area contributed by atoms with Crippen molar-refractivity contribution in [2.75, 3.05) is 13.1 Å². The van der Waals surface area contributed by atoms with Gasteiger partial charge in [0.25, 0.3) is 0 Å². The number of fused-ring (bicyclic) bond motifs is 1. The van der Waals surface area contributed by atoms with E-state index in [-0.39, 0.29) is 0 Å². The van der Waals surface area contributed by atoms with E-state index < -0.39 is 18.3 Å². The zero-order chi connectivity index (χ0) is 9.26. The first-order valence-corrected chi connectivity index (χ1v) is 3.86. The zero-order valence-electron chi connectivity index (χ0n) is 6.73. The van der Waals surface area contributed by atoms with Crippen molar-refractivity contribution in [2.24, 2.45) is 0 Å². The van der Waals surface area contributed by atoms with Gasteiger partial charge in [0.15, 0.2) is 0 Å². The van der Waals surface area contributed by atoms with E-state index >= 15 is 0 Å². The number of hydrogen-bond acceptors (Lipinski definition) is 6. The Morgan fingerprint density at radius 1 is 1.38 bits per heavy atom. The van der Waals surface area contributed by atoms with Crippen LogP contribution in [0.2, 0.25) is 0 Å². The minimum absolute atomic E-state index is 0.511. The Bertz CT molecular complexity index is 250. The van der Waals surface area contributed by atoms with Crippen LogP contribution in [0.1, 0.15) is 0 Å². The Hall–Kier alpha value is -1.40. The largest absolute Gasteiger partial charge is 0.426 e. The summed E-state index contributed by atoms with van der Waals surface area (Å²) in [4.78, 5) is 26.7. The molecule has 0 spiro atoms. The minimum Gasteiger partial charge on any atom is -0.426 e. The van der Waals surface area contributed by atoms with Crippen molar-refractivity contribution in [1.29, 1.82) is 0 Å². The Balaban J connectivity index is 2.16. The summed E-state index contributed by atoms with van der Waals surface area (Å²) in [5.74, 6) is -1.12. The summed E-state index contributed by atoms with van der Waals surface area (Å²) in [5, 5.41) is 4.14. The molecule has 1 atom stereocenters. The maximum absolute atomic E-state index is 10.9. The first-order valence-electron chi connectivity index (χ1n) is 3.86. The number of ether oxygens (including phenoxy) is 1. The van der Waals surface area contributed by atoms with Crippen LogP contribution in [0, 0.1) is 0 Å². The standard InChI is InChI=1S/C7H8N2O4/c10-5-1-2-6(11)13-9-4-3-8-7(9)12-5/h1-2,7-8H,3-4H2/b2-1+. The topological polar surface area (TPSA) is 67.9 Å². The summed E-state index contributed by atoms with van der Waals surface area (Å²) < 4.78 is 4.88. The summed E-state index contributed by atoms with van der Waals surface area (Å²) in [6.07, 6.45) is 1.43. The van der Waals surface area contributed by atoms with Crippen molar-refractivity contribution >= 4 is 11.9 Å². The van der Waals surface area contributed by atoms with Gasteiger partial charge in [0.2, 0.25) is 6.35 Å². The predicted octanol–water partition coefficient (Wildman–Crippen LogP) is -1.25. The molecular formula is C7H8N2O4. The smallest absolute Gasteiger partial charge is 0.350 e. The van der Waals surface area contributed by atoms with E-state index in [1.807, 2.05) is 0 Å². The number of hydroxylamine groups is 2. The van der Waals surface area contributed by atoms with E-state index in [1.54, 1.807) is 0 Å². The third-order valence-corrected chi connectivity index (χ3v) is 1.70. The Labute approximate surface area is 74.0 Å². The molecule has 2 aliphatic rings. The first kappa shape index (κ1) is 8.21. The molecule has 0 amide bonds. The molecule has 0 saturated carbocycles. The molecule has 0 aromatic carbocycles. The number of hydrogen-bond donors (Lipinski definition) is 1. The molecule has 1 saturated heterocycles. The maximum atomic E-state index is 10.9. The van der Waals surface area contributed by atoms with Crippen LogP contribution in [0.3, 0.4) is 0 Å². The monoisotopic (exact) mass is 184 g/mol. The molecule has 0 aromatic rings. The van der Waals surface area contributed by atoms with Crippen LogP contribution >= 0.6 is 0 Å². The molecular weight excluding hydrogens is 176 g/mol. The lowest BCUT2D eigenvalue weighted by Gasteiger charge is -2.22. The van der Waals surface area contributed by atoms with Gasteiger partial charge in [0.05, 0.1) is 6.54 Å². The molecule has 2 aliphatic heterocycles. The third-order valence-electron chi connectivity index (χ3n) is 1.70. The number of carbonyl (C=O) groups excluding carboxylic acids is 2. The summed E-state index contributed by atoms with van der Waals surface area (Å²) >= 11 is 0. The molecule has 1 unspecified atom stereocenters. The van der Waals surface area contributed by atoms with Crippen LogP contribution in [-0.4, -0.2) is 36.4 Å². The van der Waals surface area contributed by atoms with E-state index in [0.29, 0.717) is 13.1 Å². The molecule has 6 nitrogen and oxygen atoms in total. The number of esters is 1. The van der Waals surface area contributed by atoms with Gasteiger partial charge in [0, 0.05) is 18.7 Å². The fraction of sp³-hybridized carbons (Fsp3) is 0.429. The molecule has 1 fully saturated rings. The quantitative estimate of drug-likeness (QED) is 0.474. The lowest BCUT2D eigenvalue weighted by Crippen LogP contribution is -2.41. The molecule has 0 aliphatic carbocycles. The van der Waals surface area contributed by atoms with Crippen molar-refractivity contribution < 1.29 is 19.2 Å². The second-order valence-corrected chi connectivity index (χ2v) is 2.63. The molecule has 13 heavy (non-hydrogen) atoms. The van der Waals surface area contributed by atoms with Gasteiger partial charge in [-0.1, -0.05) is 5.06 Å². The average molecular weight is 184 g/mol.